The number of carbonyl (C=O) groups excluding carboxylic acids is 2. The summed E-state index contributed by atoms with van der Waals surface area (Å²) in [7, 11) is 0. The van der Waals surface area contributed by atoms with Crippen molar-refractivity contribution in [1.82, 2.24) is 0 Å². The van der Waals surface area contributed by atoms with E-state index in [0.717, 1.165) is 12.8 Å². The fourth-order valence-electron chi connectivity index (χ4n) is 5.93. The van der Waals surface area contributed by atoms with Crippen molar-refractivity contribution < 1.29 is 34.0 Å². The third-order valence-electron chi connectivity index (χ3n) is 7.95. The number of rotatable bonds is 13. The number of aromatic hydroxyl groups is 2. The zero-order valence-electron chi connectivity index (χ0n) is 23.6. The lowest BCUT2D eigenvalue weighted by Crippen LogP contribution is -2.34. The van der Waals surface area contributed by atoms with E-state index in [4.69, 9.17) is 14.2 Å². The molecular weight excluding hydrogens is 520 g/mol. The van der Waals surface area contributed by atoms with Crippen LogP contribution >= 0.6 is 0 Å². The molecule has 0 radical (unpaired) electrons. The van der Waals surface area contributed by atoms with E-state index in [1.54, 1.807) is 30.3 Å². The van der Waals surface area contributed by atoms with Gasteiger partial charge in [0.1, 0.15) is 28.7 Å². The van der Waals surface area contributed by atoms with Gasteiger partial charge in [-0.1, -0.05) is 89.3 Å². The van der Waals surface area contributed by atoms with Gasteiger partial charge in [-0.25, -0.2) is 4.79 Å². The Morgan fingerprint density at radius 2 is 1.44 bits per heavy atom. The topological polar surface area (TPSA) is 102 Å². The molecule has 1 spiro atoms. The molecule has 2 aliphatic heterocycles. The Morgan fingerprint density at radius 1 is 0.780 bits per heavy atom. The van der Waals surface area contributed by atoms with Gasteiger partial charge in [0.15, 0.2) is 5.60 Å². The lowest BCUT2D eigenvalue weighted by Gasteiger charge is -2.37. The molecule has 1 atom stereocenters. The standard InChI is InChI=1S/C34H38O7/c1-2-3-4-5-6-7-8-9-10-11-12-17-31(37)40-30-22-24(36)21-29-32(30)34(27-19-18-23(35)20-28(27)39-29)26-16-14-13-15-25(26)33(38)41-34/h13-16,18-22,35-36H,2-12,17H2,1H3. The number of fused-ring (bicyclic) bond motifs is 6. The molecule has 0 saturated heterocycles. The summed E-state index contributed by atoms with van der Waals surface area (Å²) >= 11 is 0. The Kier molecular flexibility index (Phi) is 8.81. The van der Waals surface area contributed by atoms with Crippen molar-refractivity contribution in [2.45, 2.75) is 89.6 Å². The van der Waals surface area contributed by atoms with Crippen LogP contribution in [0.4, 0.5) is 0 Å². The molecule has 1 unspecified atom stereocenters. The molecule has 41 heavy (non-hydrogen) atoms. The highest BCUT2D eigenvalue weighted by Crippen LogP contribution is 2.59. The maximum absolute atomic E-state index is 13.1. The molecule has 0 bridgehead atoms. The Balaban J connectivity index is 1.31. The van der Waals surface area contributed by atoms with Gasteiger partial charge in [-0.05, 0) is 24.6 Å². The summed E-state index contributed by atoms with van der Waals surface area (Å²) in [6, 6.07) is 14.3. The molecule has 2 heterocycles. The zero-order chi connectivity index (χ0) is 28.8. The van der Waals surface area contributed by atoms with Crippen molar-refractivity contribution in [3.8, 4) is 28.7 Å². The third kappa shape index (κ3) is 5.90. The van der Waals surface area contributed by atoms with Gasteiger partial charge in [0.05, 0.1) is 11.1 Å². The Labute approximate surface area is 241 Å². The van der Waals surface area contributed by atoms with E-state index in [0.29, 0.717) is 28.7 Å². The Hall–Kier alpha value is -4.00. The van der Waals surface area contributed by atoms with Crippen LogP contribution in [0.25, 0.3) is 0 Å². The van der Waals surface area contributed by atoms with Crippen molar-refractivity contribution in [2.75, 3.05) is 0 Å². The van der Waals surface area contributed by atoms with Gasteiger partial charge in [0.2, 0.25) is 0 Å². The first-order valence-electron chi connectivity index (χ1n) is 14.9. The first-order chi connectivity index (χ1) is 19.9. The van der Waals surface area contributed by atoms with Crippen LogP contribution in [0.2, 0.25) is 0 Å². The molecule has 3 aromatic rings. The first kappa shape index (κ1) is 28.5. The second-order valence-corrected chi connectivity index (χ2v) is 11.0. The molecule has 0 fully saturated rings. The number of ether oxygens (including phenoxy) is 3. The largest absolute Gasteiger partial charge is 0.508 e. The van der Waals surface area contributed by atoms with Crippen LogP contribution in [0.15, 0.2) is 54.6 Å². The van der Waals surface area contributed by atoms with Crippen LogP contribution in [0.1, 0.15) is 111 Å². The van der Waals surface area contributed by atoms with E-state index >= 15 is 0 Å². The molecule has 0 aromatic heterocycles. The molecule has 2 N–H and O–H groups in total. The summed E-state index contributed by atoms with van der Waals surface area (Å²) in [5.74, 6) is -0.652. The second kappa shape index (κ2) is 12.7. The predicted molar refractivity (Wildman–Crippen MR) is 155 cm³/mol. The number of unbranched alkanes of at least 4 members (excludes halogenated alkanes) is 10. The average molecular weight is 559 g/mol. The van der Waals surface area contributed by atoms with Gasteiger partial charge >= 0.3 is 11.9 Å². The SMILES string of the molecule is CCCCCCCCCCCCCC(=O)Oc1cc(O)cc2c1C1(OC(=O)c3ccccc31)c1ccc(O)cc1O2. The van der Waals surface area contributed by atoms with E-state index in [2.05, 4.69) is 6.92 Å². The minimum absolute atomic E-state index is 0.0289. The maximum Gasteiger partial charge on any atom is 0.340 e. The number of phenolic OH excluding ortho intramolecular Hbond substituents is 2. The molecule has 7 nitrogen and oxygen atoms in total. The lowest BCUT2D eigenvalue weighted by atomic mass is 9.77. The van der Waals surface area contributed by atoms with E-state index < -0.39 is 17.5 Å². The van der Waals surface area contributed by atoms with Gasteiger partial charge in [-0.2, -0.15) is 0 Å². The van der Waals surface area contributed by atoms with Crippen molar-refractivity contribution >= 4 is 11.9 Å². The zero-order valence-corrected chi connectivity index (χ0v) is 23.6. The summed E-state index contributed by atoms with van der Waals surface area (Å²) < 4.78 is 18.0. The maximum atomic E-state index is 13.1. The quantitative estimate of drug-likeness (QED) is 0.124. The number of carbonyl (C=O) groups is 2. The molecule has 7 heteroatoms. The van der Waals surface area contributed by atoms with Crippen molar-refractivity contribution in [1.29, 1.82) is 0 Å². The molecular formula is C34H38O7. The Bertz CT molecular complexity index is 1410. The number of hydrogen-bond acceptors (Lipinski definition) is 7. The van der Waals surface area contributed by atoms with E-state index in [-0.39, 0.29) is 35.2 Å². The van der Waals surface area contributed by atoms with Gasteiger partial charge in [0, 0.05) is 35.7 Å². The highest BCUT2D eigenvalue weighted by Gasteiger charge is 2.55. The predicted octanol–water partition coefficient (Wildman–Crippen LogP) is 8.27. The third-order valence-corrected chi connectivity index (χ3v) is 7.95. The van der Waals surface area contributed by atoms with Crippen LogP contribution in [0, 0.1) is 0 Å². The van der Waals surface area contributed by atoms with Gasteiger partial charge in [-0.3, -0.25) is 4.79 Å². The van der Waals surface area contributed by atoms with E-state index in [9.17, 15) is 19.8 Å². The molecule has 0 saturated carbocycles. The molecule has 3 aromatic carbocycles. The van der Waals surface area contributed by atoms with Crippen LogP contribution < -0.4 is 9.47 Å². The summed E-state index contributed by atoms with van der Waals surface area (Å²) in [6.07, 6.45) is 13.2. The summed E-state index contributed by atoms with van der Waals surface area (Å²) in [5, 5.41) is 20.7. The molecule has 216 valence electrons. The summed E-state index contributed by atoms with van der Waals surface area (Å²) in [4.78, 5) is 26.1. The number of phenols is 2. The fourth-order valence-corrected chi connectivity index (χ4v) is 5.93. The van der Waals surface area contributed by atoms with Gasteiger partial charge in [-0.15, -0.1) is 0 Å². The minimum atomic E-state index is -1.48. The molecule has 0 amide bonds. The minimum Gasteiger partial charge on any atom is -0.508 e. The fraction of sp³-hybridized carbons (Fsp3) is 0.412. The molecule has 5 rings (SSSR count). The highest BCUT2D eigenvalue weighted by molar-refractivity contribution is 5.97. The van der Waals surface area contributed by atoms with Crippen LogP contribution in [-0.2, 0) is 15.1 Å². The van der Waals surface area contributed by atoms with Crippen molar-refractivity contribution in [3.63, 3.8) is 0 Å². The number of hydrogen-bond donors (Lipinski definition) is 2. The second-order valence-electron chi connectivity index (χ2n) is 11.0. The first-order valence-corrected chi connectivity index (χ1v) is 14.9. The summed E-state index contributed by atoms with van der Waals surface area (Å²) in [5.41, 5.74) is 0.262. The van der Waals surface area contributed by atoms with E-state index in [1.807, 2.05) is 0 Å². The average Bonchev–Trinajstić information content (AvgIpc) is 3.23. The normalized spacial score (nSPS) is 16.5. The molecule has 0 aliphatic carbocycles. The van der Waals surface area contributed by atoms with Crippen LogP contribution in [0.5, 0.6) is 28.7 Å². The smallest absolute Gasteiger partial charge is 0.340 e. The van der Waals surface area contributed by atoms with Gasteiger partial charge < -0.3 is 24.4 Å². The number of benzene rings is 3. The Morgan fingerprint density at radius 3 is 2.17 bits per heavy atom. The van der Waals surface area contributed by atoms with Gasteiger partial charge in [0.25, 0.3) is 0 Å². The van der Waals surface area contributed by atoms with Crippen molar-refractivity contribution in [2.24, 2.45) is 0 Å². The number of esters is 2. The van der Waals surface area contributed by atoms with E-state index in [1.165, 1.54) is 75.6 Å². The van der Waals surface area contributed by atoms with Crippen LogP contribution in [-0.4, -0.2) is 22.2 Å². The summed E-state index contributed by atoms with van der Waals surface area (Å²) in [6.45, 7) is 2.23. The molecule has 2 aliphatic rings. The van der Waals surface area contributed by atoms with Crippen molar-refractivity contribution in [3.05, 3.63) is 76.9 Å². The monoisotopic (exact) mass is 558 g/mol. The highest BCUT2D eigenvalue weighted by atomic mass is 16.6. The van der Waals surface area contributed by atoms with Crippen LogP contribution in [0.3, 0.4) is 0 Å². The lowest BCUT2D eigenvalue weighted by molar-refractivity contribution is -0.134.